The van der Waals surface area contributed by atoms with Gasteiger partial charge < -0.3 is 35.2 Å². The van der Waals surface area contributed by atoms with Gasteiger partial charge in [-0.15, -0.1) is 11.3 Å². The number of aliphatic hydroxyl groups is 4. The van der Waals surface area contributed by atoms with Gasteiger partial charge in [0, 0.05) is 16.8 Å². The molecule has 1 aromatic heterocycles. The molecule has 2 heterocycles. The Morgan fingerprint density at radius 3 is 2.50 bits per heavy atom. The first kappa shape index (κ1) is 19.3. The van der Waals surface area contributed by atoms with Crippen LogP contribution in [0.2, 0.25) is 4.47 Å². The molecule has 5 N–H and O–H groups in total. The first-order valence-electron chi connectivity index (χ1n) is 7.89. The number of nitrogens with one attached hydrogen (secondary N) is 1. The normalized spacial score (nSPS) is 28.7. The van der Waals surface area contributed by atoms with Crippen molar-refractivity contribution in [1.29, 1.82) is 0 Å². The number of aliphatic hydroxyl groups excluding tert-OH is 4. The number of rotatable bonds is 6. The van der Waals surface area contributed by atoms with Crippen molar-refractivity contribution in [2.75, 3.05) is 11.9 Å². The van der Waals surface area contributed by atoms with E-state index in [-0.39, 0.29) is 0 Å². The summed E-state index contributed by atoms with van der Waals surface area (Å²) in [5, 5.41) is 41.9. The lowest BCUT2D eigenvalue weighted by atomic mass is 9.99. The fraction of sp³-hybridized carbons (Fsp3) is 0.438. The standard InChI is InChI=1S/C16H19ClN2O6S/c17-16-19-6-10(26-16)5-18-8-1-3-9(4-2-8)24-15-14(23)13(22)12(21)11(7-20)25-15/h1-4,6,11-15,18,20-23H,5,7H2. The Kier molecular flexibility index (Phi) is 6.30. The fourth-order valence-electron chi connectivity index (χ4n) is 2.50. The molecule has 10 heteroatoms. The molecule has 1 aliphatic rings. The number of hydrogen-bond donors (Lipinski definition) is 5. The molecule has 0 saturated carbocycles. The number of nitrogens with zero attached hydrogens (tertiary/aromatic N) is 1. The van der Waals surface area contributed by atoms with Crippen molar-refractivity contribution >= 4 is 28.6 Å². The molecule has 0 amide bonds. The molecule has 1 aliphatic heterocycles. The number of anilines is 1. The van der Waals surface area contributed by atoms with Crippen LogP contribution in [0, 0.1) is 0 Å². The number of halogens is 1. The van der Waals surface area contributed by atoms with Gasteiger partial charge in [0.15, 0.2) is 4.47 Å². The van der Waals surface area contributed by atoms with Crippen LogP contribution in [0.3, 0.4) is 0 Å². The van der Waals surface area contributed by atoms with E-state index in [0.717, 1.165) is 10.6 Å². The Balaban J connectivity index is 1.58. The summed E-state index contributed by atoms with van der Waals surface area (Å²) >= 11 is 7.18. The first-order valence-corrected chi connectivity index (χ1v) is 9.08. The zero-order valence-electron chi connectivity index (χ0n) is 13.5. The van der Waals surface area contributed by atoms with Crippen molar-refractivity contribution < 1.29 is 29.9 Å². The van der Waals surface area contributed by atoms with E-state index in [4.69, 9.17) is 21.1 Å². The molecular weight excluding hydrogens is 384 g/mol. The summed E-state index contributed by atoms with van der Waals surface area (Å²) in [6.45, 7) is 0.0760. The molecule has 142 valence electrons. The van der Waals surface area contributed by atoms with E-state index in [0.29, 0.717) is 16.8 Å². The quantitative estimate of drug-likeness (QED) is 0.475. The number of ether oxygens (including phenoxy) is 2. The maximum absolute atomic E-state index is 9.98. The smallest absolute Gasteiger partial charge is 0.229 e. The van der Waals surface area contributed by atoms with Crippen LogP contribution in [-0.4, -0.2) is 62.7 Å². The van der Waals surface area contributed by atoms with Gasteiger partial charge >= 0.3 is 0 Å². The molecule has 1 saturated heterocycles. The molecule has 1 fully saturated rings. The van der Waals surface area contributed by atoms with Crippen LogP contribution in [0.25, 0.3) is 0 Å². The minimum atomic E-state index is -1.47. The summed E-state index contributed by atoms with van der Waals surface area (Å²) in [6, 6.07) is 6.90. The van der Waals surface area contributed by atoms with Crippen LogP contribution in [0.5, 0.6) is 5.75 Å². The van der Waals surface area contributed by atoms with Crippen molar-refractivity contribution in [2.24, 2.45) is 0 Å². The summed E-state index contributed by atoms with van der Waals surface area (Å²) in [5.41, 5.74) is 0.843. The van der Waals surface area contributed by atoms with Crippen LogP contribution < -0.4 is 10.1 Å². The molecule has 1 aromatic carbocycles. The molecule has 0 bridgehead atoms. The third-order valence-corrected chi connectivity index (χ3v) is 5.06. The molecule has 0 aliphatic carbocycles. The lowest BCUT2D eigenvalue weighted by Gasteiger charge is -2.39. The van der Waals surface area contributed by atoms with E-state index in [9.17, 15) is 20.4 Å². The van der Waals surface area contributed by atoms with E-state index in [2.05, 4.69) is 10.3 Å². The molecule has 0 radical (unpaired) electrons. The number of hydrogen-bond acceptors (Lipinski definition) is 9. The molecule has 5 unspecified atom stereocenters. The molecule has 0 spiro atoms. The second kappa shape index (κ2) is 8.49. The monoisotopic (exact) mass is 402 g/mol. The highest BCUT2D eigenvalue weighted by molar-refractivity contribution is 7.15. The van der Waals surface area contributed by atoms with E-state index in [1.54, 1.807) is 30.5 Å². The van der Waals surface area contributed by atoms with E-state index < -0.39 is 37.3 Å². The van der Waals surface area contributed by atoms with Crippen molar-refractivity contribution in [3.05, 3.63) is 39.8 Å². The largest absolute Gasteiger partial charge is 0.462 e. The molecular formula is C16H19ClN2O6S. The highest BCUT2D eigenvalue weighted by Crippen LogP contribution is 2.25. The SMILES string of the molecule is OCC1OC(Oc2ccc(NCc3cnc(Cl)s3)cc2)C(O)C(O)C1O. The van der Waals surface area contributed by atoms with E-state index in [1.165, 1.54) is 11.3 Å². The zero-order valence-corrected chi connectivity index (χ0v) is 15.1. The Bertz CT molecular complexity index is 713. The molecule has 3 rings (SSSR count). The minimum Gasteiger partial charge on any atom is -0.462 e. The Labute approximate surface area is 158 Å². The van der Waals surface area contributed by atoms with Crippen molar-refractivity contribution in [3.63, 3.8) is 0 Å². The Hall–Kier alpha value is -1.46. The van der Waals surface area contributed by atoms with Crippen molar-refractivity contribution in [2.45, 2.75) is 37.3 Å². The van der Waals surface area contributed by atoms with Crippen molar-refractivity contribution in [1.82, 2.24) is 4.98 Å². The zero-order chi connectivity index (χ0) is 18.7. The summed E-state index contributed by atoms with van der Waals surface area (Å²) < 4.78 is 11.3. The molecule has 8 nitrogen and oxygen atoms in total. The maximum Gasteiger partial charge on any atom is 0.229 e. The van der Waals surface area contributed by atoms with Crippen LogP contribution in [0.4, 0.5) is 5.69 Å². The third-order valence-electron chi connectivity index (χ3n) is 3.95. The van der Waals surface area contributed by atoms with Gasteiger partial charge in [0.25, 0.3) is 0 Å². The van der Waals surface area contributed by atoms with E-state index >= 15 is 0 Å². The number of aromatic nitrogens is 1. The van der Waals surface area contributed by atoms with Crippen molar-refractivity contribution in [3.8, 4) is 5.75 Å². The van der Waals surface area contributed by atoms with Gasteiger partial charge in [-0.2, -0.15) is 0 Å². The average molecular weight is 403 g/mol. The first-order chi connectivity index (χ1) is 12.5. The fourth-order valence-corrected chi connectivity index (χ4v) is 3.42. The third kappa shape index (κ3) is 4.44. The number of thiazole rings is 1. The molecule has 5 atom stereocenters. The van der Waals surface area contributed by atoms with Crippen LogP contribution in [-0.2, 0) is 11.3 Å². The lowest BCUT2D eigenvalue weighted by molar-refractivity contribution is -0.277. The molecule has 26 heavy (non-hydrogen) atoms. The summed E-state index contributed by atoms with van der Waals surface area (Å²) in [7, 11) is 0. The summed E-state index contributed by atoms with van der Waals surface area (Å²) in [5.74, 6) is 0.403. The van der Waals surface area contributed by atoms with Gasteiger partial charge in [0.05, 0.1) is 13.2 Å². The Morgan fingerprint density at radius 1 is 1.15 bits per heavy atom. The van der Waals surface area contributed by atoms with Gasteiger partial charge in [0.2, 0.25) is 6.29 Å². The molecule has 2 aromatic rings. The second-order valence-corrected chi connectivity index (χ2v) is 7.47. The summed E-state index contributed by atoms with van der Waals surface area (Å²) in [4.78, 5) is 4.97. The highest BCUT2D eigenvalue weighted by atomic mass is 35.5. The second-order valence-electron chi connectivity index (χ2n) is 5.77. The van der Waals surface area contributed by atoms with Gasteiger partial charge in [-0.25, -0.2) is 4.98 Å². The van der Waals surface area contributed by atoms with Crippen LogP contribution in [0.15, 0.2) is 30.5 Å². The minimum absolute atomic E-state index is 0.403. The number of benzene rings is 1. The van der Waals surface area contributed by atoms with Gasteiger partial charge in [0.1, 0.15) is 30.2 Å². The lowest BCUT2D eigenvalue weighted by Crippen LogP contribution is -2.60. The van der Waals surface area contributed by atoms with Gasteiger partial charge in [-0.05, 0) is 24.3 Å². The topological polar surface area (TPSA) is 124 Å². The van der Waals surface area contributed by atoms with Gasteiger partial charge in [-0.3, -0.25) is 0 Å². The van der Waals surface area contributed by atoms with Crippen LogP contribution >= 0.6 is 22.9 Å². The average Bonchev–Trinajstić information content (AvgIpc) is 3.07. The van der Waals surface area contributed by atoms with E-state index in [1.807, 2.05) is 0 Å². The predicted molar refractivity (Wildman–Crippen MR) is 95.3 cm³/mol. The highest BCUT2D eigenvalue weighted by Gasteiger charge is 2.44. The van der Waals surface area contributed by atoms with Gasteiger partial charge in [-0.1, -0.05) is 11.6 Å². The summed E-state index contributed by atoms with van der Waals surface area (Å²) in [6.07, 6.45) is -4.84. The predicted octanol–water partition coefficient (Wildman–Crippen LogP) is 0.587. The van der Waals surface area contributed by atoms with Crippen LogP contribution in [0.1, 0.15) is 4.88 Å². The maximum atomic E-state index is 9.98. The Morgan fingerprint density at radius 2 is 1.88 bits per heavy atom.